The SMILES string of the molecule is Cc1cc(N2CC(S(=O)(=O)F)CC2=O)cc(C)c1C. The summed E-state index contributed by atoms with van der Waals surface area (Å²) < 4.78 is 34.8. The normalized spacial score (nSPS) is 20.1. The van der Waals surface area contributed by atoms with Crippen molar-refractivity contribution in [2.24, 2.45) is 0 Å². The van der Waals surface area contributed by atoms with Crippen molar-refractivity contribution in [1.29, 1.82) is 0 Å². The van der Waals surface area contributed by atoms with Gasteiger partial charge in [0.2, 0.25) is 5.91 Å². The van der Waals surface area contributed by atoms with Crippen LogP contribution in [-0.4, -0.2) is 26.1 Å². The average Bonchev–Trinajstić information content (AvgIpc) is 2.67. The molecular formula is C13H16FNO3S. The van der Waals surface area contributed by atoms with E-state index in [2.05, 4.69) is 0 Å². The van der Waals surface area contributed by atoms with Crippen LogP contribution in [0.1, 0.15) is 23.1 Å². The topological polar surface area (TPSA) is 54.5 Å². The molecule has 19 heavy (non-hydrogen) atoms. The highest BCUT2D eigenvalue weighted by Gasteiger charge is 2.39. The number of halogens is 1. The van der Waals surface area contributed by atoms with Gasteiger partial charge in [-0.25, -0.2) is 0 Å². The standard InChI is InChI=1S/C13H16FNO3S/c1-8-4-11(5-9(2)10(8)3)15-7-12(6-13(15)16)19(14,17)18/h4-5,12H,6-7H2,1-3H3. The molecule has 2 rings (SSSR count). The highest BCUT2D eigenvalue weighted by molar-refractivity contribution is 7.87. The fraction of sp³-hybridized carbons (Fsp3) is 0.462. The fourth-order valence-corrected chi connectivity index (χ4v) is 2.95. The molecule has 0 saturated carbocycles. The van der Waals surface area contributed by atoms with Gasteiger partial charge in [0.15, 0.2) is 0 Å². The minimum absolute atomic E-state index is 0.112. The van der Waals surface area contributed by atoms with Crippen LogP contribution in [0.2, 0.25) is 0 Å². The summed E-state index contributed by atoms with van der Waals surface area (Å²) in [6.07, 6.45) is -0.287. The van der Waals surface area contributed by atoms with Gasteiger partial charge in [0, 0.05) is 18.7 Å². The molecule has 1 aromatic carbocycles. The summed E-state index contributed by atoms with van der Waals surface area (Å²) in [4.78, 5) is 13.2. The van der Waals surface area contributed by atoms with Crippen LogP contribution in [0.15, 0.2) is 12.1 Å². The van der Waals surface area contributed by atoms with Crippen LogP contribution < -0.4 is 4.90 Å². The molecule has 0 aliphatic carbocycles. The Morgan fingerprint density at radius 3 is 2.16 bits per heavy atom. The van der Waals surface area contributed by atoms with Crippen molar-refractivity contribution >= 4 is 21.8 Å². The average molecular weight is 285 g/mol. The molecular weight excluding hydrogens is 269 g/mol. The maximum Gasteiger partial charge on any atom is 0.307 e. The van der Waals surface area contributed by atoms with E-state index >= 15 is 0 Å². The van der Waals surface area contributed by atoms with Crippen LogP contribution in [-0.2, 0) is 15.0 Å². The first-order chi connectivity index (χ1) is 8.70. The lowest BCUT2D eigenvalue weighted by Gasteiger charge is -2.18. The van der Waals surface area contributed by atoms with Gasteiger partial charge >= 0.3 is 10.2 Å². The Balaban J connectivity index is 2.36. The first kappa shape index (κ1) is 14.0. The number of amides is 1. The summed E-state index contributed by atoms with van der Waals surface area (Å²) >= 11 is 0. The summed E-state index contributed by atoms with van der Waals surface area (Å²) in [6.45, 7) is 5.72. The van der Waals surface area contributed by atoms with Crippen molar-refractivity contribution in [3.8, 4) is 0 Å². The first-order valence-corrected chi connectivity index (χ1v) is 7.46. The fourth-order valence-electron chi connectivity index (χ4n) is 2.28. The van der Waals surface area contributed by atoms with Gasteiger partial charge in [-0.2, -0.15) is 8.42 Å². The summed E-state index contributed by atoms with van der Waals surface area (Å²) in [5.41, 5.74) is 3.81. The maximum atomic E-state index is 13.0. The molecule has 0 N–H and O–H groups in total. The molecule has 1 atom stereocenters. The van der Waals surface area contributed by atoms with Crippen LogP contribution in [0, 0.1) is 20.8 Å². The van der Waals surface area contributed by atoms with E-state index in [9.17, 15) is 17.1 Å². The van der Waals surface area contributed by atoms with Gasteiger partial charge in [-0.15, -0.1) is 3.89 Å². The van der Waals surface area contributed by atoms with Crippen molar-refractivity contribution < 1.29 is 17.1 Å². The van der Waals surface area contributed by atoms with Gasteiger partial charge in [-0.1, -0.05) is 0 Å². The molecule has 1 heterocycles. The molecule has 0 spiro atoms. The Bertz CT molecular complexity index is 616. The molecule has 1 fully saturated rings. The van der Waals surface area contributed by atoms with Crippen molar-refractivity contribution in [3.05, 3.63) is 28.8 Å². The lowest BCUT2D eigenvalue weighted by Crippen LogP contribution is -2.27. The zero-order chi connectivity index (χ0) is 14.4. The summed E-state index contributed by atoms with van der Waals surface area (Å²) in [5.74, 6) is -0.353. The summed E-state index contributed by atoms with van der Waals surface area (Å²) in [6, 6.07) is 3.65. The van der Waals surface area contributed by atoms with Crippen LogP contribution in [0.4, 0.5) is 9.57 Å². The minimum Gasteiger partial charge on any atom is -0.311 e. The Labute approximate surface area is 112 Å². The summed E-state index contributed by atoms with van der Waals surface area (Å²) in [7, 11) is -4.67. The Hall–Kier alpha value is -1.43. The third kappa shape index (κ3) is 2.63. The third-order valence-corrected chi connectivity index (χ3v) is 4.82. The number of aryl methyl sites for hydroxylation is 2. The molecule has 1 aliphatic heterocycles. The van der Waals surface area contributed by atoms with Crippen LogP contribution in [0.5, 0.6) is 0 Å². The second-order valence-corrected chi connectivity index (χ2v) is 6.63. The molecule has 104 valence electrons. The second-order valence-electron chi connectivity index (χ2n) is 5.01. The Morgan fingerprint density at radius 1 is 1.21 bits per heavy atom. The zero-order valence-corrected chi connectivity index (χ0v) is 11.9. The van der Waals surface area contributed by atoms with Gasteiger partial charge < -0.3 is 4.90 Å². The van der Waals surface area contributed by atoms with E-state index in [4.69, 9.17) is 0 Å². The van der Waals surface area contributed by atoms with E-state index in [1.165, 1.54) is 4.90 Å². The van der Waals surface area contributed by atoms with Crippen LogP contribution >= 0.6 is 0 Å². The number of anilines is 1. The largest absolute Gasteiger partial charge is 0.311 e. The van der Waals surface area contributed by atoms with E-state index in [1.54, 1.807) is 0 Å². The van der Waals surface area contributed by atoms with Crippen LogP contribution in [0.25, 0.3) is 0 Å². The van der Waals surface area contributed by atoms with E-state index < -0.39 is 15.5 Å². The highest BCUT2D eigenvalue weighted by Crippen LogP contribution is 2.28. The van der Waals surface area contributed by atoms with Crippen LogP contribution in [0.3, 0.4) is 0 Å². The molecule has 0 bridgehead atoms. The number of nitrogens with zero attached hydrogens (tertiary/aromatic N) is 1. The van der Waals surface area contributed by atoms with E-state index in [0.717, 1.165) is 16.7 Å². The third-order valence-electron chi connectivity index (χ3n) is 3.71. The maximum absolute atomic E-state index is 13.0. The van der Waals surface area contributed by atoms with Gasteiger partial charge in [-0.05, 0) is 49.6 Å². The number of benzene rings is 1. The number of rotatable bonds is 2. The van der Waals surface area contributed by atoms with Crippen molar-refractivity contribution in [1.82, 2.24) is 0 Å². The zero-order valence-electron chi connectivity index (χ0n) is 11.1. The molecule has 1 saturated heterocycles. The second kappa shape index (κ2) is 4.59. The lowest BCUT2D eigenvalue weighted by molar-refractivity contribution is -0.117. The molecule has 1 aromatic rings. The molecule has 1 aliphatic rings. The van der Waals surface area contributed by atoms with Gasteiger partial charge in [0.05, 0.1) is 0 Å². The quantitative estimate of drug-likeness (QED) is 0.781. The van der Waals surface area contributed by atoms with Crippen molar-refractivity contribution in [3.63, 3.8) is 0 Å². The number of hydrogen-bond donors (Lipinski definition) is 0. The van der Waals surface area contributed by atoms with E-state index in [1.807, 2.05) is 32.9 Å². The monoisotopic (exact) mass is 285 g/mol. The lowest BCUT2D eigenvalue weighted by atomic mass is 10.0. The molecule has 1 unspecified atom stereocenters. The minimum atomic E-state index is -4.67. The molecule has 6 heteroatoms. The number of carbonyl (C=O) groups is 1. The molecule has 0 aromatic heterocycles. The van der Waals surface area contributed by atoms with E-state index in [0.29, 0.717) is 5.69 Å². The van der Waals surface area contributed by atoms with E-state index in [-0.39, 0.29) is 18.9 Å². The van der Waals surface area contributed by atoms with Gasteiger partial charge in [0.1, 0.15) is 5.25 Å². The molecule has 4 nitrogen and oxygen atoms in total. The summed E-state index contributed by atoms with van der Waals surface area (Å²) in [5, 5.41) is -1.25. The van der Waals surface area contributed by atoms with Crippen molar-refractivity contribution in [2.45, 2.75) is 32.4 Å². The Kier molecular flexibility index (Phi) is 3.38. The predicted octanol–water partition coefficient (Wildman–Crippen LogP) is 2.02. The Morgan fingerprint density at radius 2 is 1.74 bits per heavy atom. The number of hydrogen-bond acceptors (Lipinski definition) is 3. The van der Waals surface area contributed by atoms with Crippen molar-refractivity contribution in [2.75, 3.05) is 11.4 Å². The molecule has 0 radical (unpaired) electrons. The highest BCUT2D eigenvalue weighted by atomic mass is 32.3. The van der Waals surface area contributed by atoms with Gasteiger partial charge in [-0.3, -0.25) is 4.79 Å². The first-order valence-electron chi connectivity index (χ1n) is 6.02. The smallest absolute Gasteiger partial charge is 0.307 e. The van der Waals surface area contributed by atoms with Gasteiger partial charge in [0.25, 0.3) is 0 Å². The predicted molar refractivity (Wildman–Crippen MR) is 71.4 cm³/mol. The molecule has 1 amide bonds. The number of carbonyl (C=O) groups excluding carboxylic acids is 1.